The van der Waals surface area contributed by atoms with Crippen molar-refractivity contribution in [3.05, 3.63) is 48.0 Å². The number of para-hydroxylation sites is 1. The number of rotatable bonds is 3. The molecule has 0 aliphatic carbocycles. The molecule has 0 spiro atoms. The number of nitrogens with one attached hydrogen (secondary N) is 1. The normalized spacial score (nSPS) is 9.95. The summed E-state index contributed by atoms with van der Waals surface area (Å²) in [5.41, 5.74) is 6.88. The summed E-state index contributed by atoms with van der Waals surface area (Å²) in [6.45, 7) is 0. The minimum absolute atomic E-state index is 0.141. The SMILES string of the molecule is COc1cccc(C(=O)Nc2cccc(N)c2)c1O. The first-order chi connectivity index (χ1) is 9.11. The number of benzene rings is 2. The number of phenolic OH excluding ortho intramolecular Hbond substituents is 1. The summed E-state index contributed by atoms with van der Waals surface area (Å²) < 4.78 is 4.96. The molecule has 2 aromatic carbocycles. The highest BCUT2D eigenvalue weighted by atomic mass is 16.5. The third-order valence-electron chi connectivity index (χ3n) is 2.61. The standard InChI is InChI=1S/C14H14N2O3/c1-19-12-7-3-6-11(13(12)17)14(18)16-10-5-2-4-9(15)8-10/h2-8,17H,15H2,1H3,(H,16,18). The van der Waals surface area contributed by atoms with Crippen LogP contribution in [0.3, 0.4) is 0 Å². The number of carbonyl (C=O) groups is 1. The highest BCUT2D eigenvalue weighted by Crippen LogP contribution is 2.29. The van der Waals surface area contributed by atoms with Gasteiger partial charge >= 0.3 is 0 Å². The average molecular weight is 258 g/mol. The molecule has 0 saturated carbocycles. The summed E-state index contributed by atoms with van der Waals surface area (Å²) in [5, 5.41) is 12.5. The van der Waals surface area contributed by atoms with Crippen LogP contribution in [0.4, 0.5) is 11.4 Å². The molecule has 0 saturated heterocycles. The van der Waals surface area contributed by atoms with Crippen molar-refractivity contribution in [2.24, 2.45) is 0 Å². The molecule has 5 heteroatoms. The zero-order valence-corrected chi connectivity index (χ0v) is 10.4. The minimum Gasteiger partial charge on any atom is -0.504 e. The van der Waals surface area contributed by atoms with Crippen LogP contribution in [-0.4, -0.2) is 18.1 Å². The van der Waals surface area contributed by atoms with E-state index in [9.17, 15) is 9.90 Å². The molecule has 1 amide bonds. The van der Waals surface area contributed by atoms with Gasteiger partial charge in [-0.05, 0) is 30.3 Å². The van der Waals surface area contributed by atoms with Gasteiger partial charge in [0.25, 0.3) is 5.91 Å². The Balaban J connectivity index is 2.25. The van der Waals surface area contributed by atoms with Gasteiger partial charge in [0.1, 0.15) is 0 Å². The van der Waals surface area contributed by atoms with Crippen LogP contribution in [0.25, 0.3) is 0 Å². The van der Waals surface area contributed by atoms with E-state index in [0.29, 0.717) is 11.4 Å². The summed E-state index contributed by atoms with van der Waals surface area (Å²) in [6, 6.07) is 11.5. The molecule has 2 aromatic rings. The Morgan fingerprint density at radius 3 is 2.68 bits per heavy atom. The van der Waals surface area contributed by atoms with Gasteiger partial charge in [0, 0.05) is 11.4 Å². The lowest BCUT2D eigenvalue weighted by Crippen LogP contribution is -2.12. The van der Waals surface area contributed by atoms with Gasteiger partial charge in [0.2, 0.25) is 0 Å². The predicted molar refractivity (Wildman–Crippen MR) is 73.5 cm³/mol. The van der Waals surface area contributed by atoms with Crippen molar-refractivity contribution in [3.63, 3.8) is 0 Å². The smallest absolute Gasteiger partial charge is 0.259 e. The van der Waals surface area contributed by atoms with Crippen molar-refractivity contribution in [3.8, 4) is 11.5 Å². The van der Waals surface area contributed by atoms with Crippen molar-refractivity contribution >= 4 is 17.3 Å². The number of ether oxygens (including phenoxy) is 1. The Morgan fingerprint density at radius 2 is 2.00 bits per heavy atom. The van der Waals surface area contributed by atoms with Crippen LogP contribution < -0.4 is 15.8 Å². The number of hydrogen-bond donors (Lipinski definition) is 3. The lowest BCUT2D eigenvalue weighted by Gasteiger charge is -2.09. The number of methoxy groups -OCH3 is 1. The Bertz CT molecular complexity index is 611. The second-order valence-electron chi connectivity index (χ2n) is 3.94. The monoisotopic (exact) mass is 258 g/mol. The van der Waals surface area contributed by atoms with Crippen LogP contribution in [0.15, 0.2) is 42.5 Å². The van der Waals surface area contributed by atoms with Gasteiger partial charge in [-0.3, -0.25) is 4.79 Å². The molecule has 4 N–H and O–H groups in total. The number of phenols is 1. The number of carbonyl (C=O) groups excluding carboxylic acids is 1. The lowest BCUT2D eigenvalue weighted by molar-refractivity contribution is 0.102. The van der Waals surface area contributed by atoms with E-state index in [1.807, 2.05) is 0 Å². The minimum atomic E-state index is -0.429. The van der Waals surface area contributed by atoms with E-state index in [2.05, 4.69) is 5.32 Å². The summed E-state index contributed by atoms with van der Waals surface area (Å²) >= 11 is 0. The van der Waals surface area contributed by atoms with Crippen LogP contribution in [0.1, 0.15) is 10.4 Å². The lowest BCUT2D eigenvalue weighted by atomic mass is 10.1. The van der Waals surface area contributed by atoms with Crippen molar-refractivity contribution in [1.82, 2.24) is 0 Å². The summed E-state index contributed by atoms with van der Waals surface area (Å²) in [7, 11) is 1.43. The largest absolute Gasteiger partial charge is 0.504 e. The highest BCUT2D eigenvalue weighted by Gasteiger charge is 2.14. The van der Waals surface area contributed by atoms with Crippen LogP contribution >= 0.6 is 0 Å². The average Bonchev–Trinajstić information content (AvgIpc) is 2.39. The topological polar surface area (TPSA) is 84.6 Å². The van der Waals surface area contributed by atoms with E-state index < -0.39 is 5.91 Å². The molecule has 0 bridgehead atoms. The van der Waals surface area contributed by atoms with E-state index in [1.165, 1.54) is 13.2 Å². The zero-order valence-electron chi connectivity index (χ0n) is 10.4. The summed E-state index contributed by atoms with van der Waals surface area (Å²) in [6.07, 6.45) is 0. The summed E-state index contributed by atoms with van der Waals surface area (Å²) in [5.74, 6) is -0.367. The Morgan fingerprint density at radius 1 is 1.26 bits per heavy atom. The van der Waals surface area contributed by atoms with Gasteiger partial charge in [-0.1, -0.05) is 12.1 Å². The molecule has 0 heterocycles. The first kappa shape index (κ1) is 12.8. The molecule has 0 atom stereocenters. The molecular formula is C14H14N2O3. The van der Waals surface area contributed by atoms with E-state index in [4.69, 9.17) is 10.5 Å². The number of nitrogen functional groups attached to an aromatic ring is 1. The number of hydrogen-bond acceptors (Lipinski definition) is 4. The molecule has 0 radical (unpaired) electrons. The maximum Gasteiger partial charge on any atom is 0.259 e. The molecule has 0 aromatic heterocycles. The quantitative estimate of drug-likeness (QED) is 0.737. The predicted octanol–water partition coefficient (Wildman–Crippen LogP) is 2.24. The van der Waals surface area contributed by atoms with Crippen LogP contribution in [0, 0.1) is 0 Å². The van der Waals surface area contributed by atoms with Gasteiger partial charge in [-0.15, -0.1) is 0 Å². The Kier molecular flexibility index (Phi) is 3.56. The number of nitrogens with two attached hydrogens (primary N) is 1. The molecule has 5 nitrogen and oxygen atoms in total. The molecule has 0 aliphatic rings. The number of anilines is 2. The maximum atomic E-state index is 12.0. The van der Waals surface area contributed by atoms with E-state index in [0.717, 1.165) is 0 Å². The molecule has 0 fully saturated rings. The van der Waals surface area contributed by atoms with Crippen molar-refractivity contribution in [2.45, 2.75) is 0 Å². The van der Waals surface area contributed by atoms with Gasteiger partial charge < -0.3 is 20.9 Å². The van der Waals surface area contributed by atoms with Gasteiger partial charge in [0.15, 0.2) is 11.5 Å². The van der Waals surface area contributed by atoms with Crippen molar-refractivity contribution in [2.75, 3.05) is 18.2 Å². The van der Waals surface area contributed by atoms with Crippen LogP contribution in [0.5, 0.6) is 11.5 Å². The Hall–Kier alpha value is -2.69. The van der Waals surface area contributed by atoms with Crippen LogP contribution in [-0.2, 0) is 0 Å². The maximum absolute atomic E-state index is 12.0. The van der Waals surface area contributed by atoms with E-state index in [1.54, 1.807) is 36.4 Å². The molecule has 98 valence electrons. The second-order valence-corrected chi connectivity index (χ2v) is 3.94. The van der Waals surface area contributed by atoms with Gasteiger partial charge in [0.05, 0.1) is 12.7 Å². The van der Waals surface area contributed by atoms with Crippen molar-refractivity contribution < 1.29 is 14.6 Å². The van der Waals surface area contributed by atoms with E-state index >= 15 is 0 Å². The molecule has 2 rings (SSSR count). The molecule has 19 heavy (non-hydrogen) atoms. The fourth-order valence-corrected chi connectivity index (χ4v) is 1.69. The highest BCUT2D eigenvalue weighted by molar-refractivity contribution is 6.06. The molecule has 0 unspecified atom stereocenters. The summed E-state index contributed by atoms with van der Waals surface area (Å²) in [4.78, 5) is 12.0. The molecular weight excluding hydrogens is 244 g/mol. The number of amides is 1. The third-order valence-corrected chi connectivity index (χ3v) is 2.61. The second kappa shape index (κ2) is 5.30. The fourth-order valence-electron chi connectivity index (χ4n) is 1.69. The fraction of sp³-hybridized carbons (Fsp3) is 0.0714. The first-order valence-electron chi connectivity index (χ1n) is 5.64. The van der Waals surface area contributed by atoms with Crippen molar-refractivity contribution in [1.29, 1.82) is 0 Å². The molecule has 0 aliphatic heterocycles. The van der Waals surface area contributed by atoms with Gasteiger partial charge in [-0.25, -0.2) is 0 Å². The van der Waals surface area contributed by atoms with Gasteiger partial charge in [-0.2, -0.15) is 0 Å². The third kappa shape index (κ3) is 2.77. The first-order valence-corrected chi connectivity index (χ1v) is 5.64. The zero-order chi connectivity index (χ0) is 13.8. The van der Waals surface area contributed by atoms with E-state index in [-0.39, 0.29) is 17.1 Å². The number of aromatic hydroxyl groups is 1. The van der Waals surface area contributed by atoms with Crippen LogP contribution in [0.2, 0.25) is 0 Å². The Labute approximate surface area is 110 Å².